The maximum Gasteiger partial charge on any atom is 0.131 e. The van der Waals surface area contributed by atoms with Crippen LogP contribution in [0.3, 0.4) is 0 Å². The van der Waals surface area contributed by atoms with Gasteiger partial charge >= 0.3 is 0 Å². The Labute approximate surface area is 137 Å². The molecule has 0 aliphatic rings. The Morgan fingerprint density at radius 1 is 0.783 bits per heavy atom. The van der Waals surface area contributed by atoms with E-state index in [1.54, 1.807) is 12.1 Å². The Kier molecular flexibility index (Phi) is 5.13. The molecule has 0 aliphatic carbocycles. The first-order valence-corrected chi connectivity index (χ1v) is 7.27. The molecule has 116 valence electrons. The quantitative estimate of drug-likeness (QED) is 0.502. The lowest BCUT2D eigenvalue weighted by atomic mass is 9.98. The molecule has 0 fully saturated rings. The second-order valence-electron chi connectivity index (χ2n) is 5.39. The summed E-state index contributed by atoms with van der Waals surface area (Å²) in [6, 6.07) is 21.2. The molecule has 0 amide bonds. The van der Waals surface area contributed by atoms with Crippen LogP contribution in [0, 0.1) is 12.7 Å². The van der Waals surface area contributed by atoms with Gasteiger partial charge in [-0.15, -0.1) is 0 Å². The van der Waals surface area contributed by atoms with Crippen molar-refractivity contribution in [2.45, 2.75) is 14.4 Å². The van der Waals surface area contributed by atoms with Gasteiger partial charge in [0.15, 0.2) is 0 Å². The minimum Gasteiger partial charge on any atom is -0.206 e. The minimum atomic E-state index is -0.204. The van der Waals surface area contributed by atoms with Gasteiger partial charge in [0.05, 0.1) is 0 Å². The van der Waals surface area contributed by atoms with Gasteiger partial charge < -0.3 is 0 Å². The molecule has 0 bridgehead atoms. The van der Waals surface area contributed by atoms with E-state index < -0.39 is 0 Å². The van der Waals surface area contributed by atoms with E-state index in [0.29, 0.717) is 5.56 Å². The molecule has 0 nitrogen and oxygen atoms in total. The topological polar surface area (TPSA) is 0 Å². The first-order chi connectivity index (χ1) is 10.7. The van der Waals surface area contributed by atoms with Crippen LogP contribution in [0.1, 0.15) is 18.6 Å². The van der Waals surface area contributed by atoms with E-state index >= 15 is 0 Å². The molecular formula is C22H21F. The molecule has 0 atom stereocenters. The van der Waals surface area contributed by atoms with Crippen molar-refractivity contribution in [3.63, 3.8) is 0 Å². The van der Waals surface area contributed by atoms with Crippen molar-refractivity contribution in [1.29, 1.82) is 0 Å². The first kappa shape index (κ1) is 16.7. The van der Waals surface area contributed by atoms with Gasteiger partial charge in [0, 0.05) is 5.56 Å². The zero-order valence-corrected chi connectivity index (χ0v) is 12.5. The zero-order chi connectivity index (χ0) is 15.5. The molecule has 0 unspecified atom stereocenters. The van der Waals surface area contributed by atoms with Crippen molar-refractivity contribution in [2.24, 2.45) is 0 Å². The van der Waals surface area contributed by atoms with Crippen LogP contribution < -0.4 is 0 Å². The average Bonchev–Trinajstić information content (AvgIpc) is 2.56. The number of benzene rings is 3. The lowest BCUT2D eigenvalue weighted by molar-refractivity contribution is 0.632. The Morgan fingerprint density at radius 3 is 1.91 bits per heavy atom. The highest BCUT2D eigenvalue weighted by Gasteiger charge is 2.07. The third-order valence-corrected chi connectivity index (χ3v) is 3.81. The van der Waals surface area contributed by atoms with Gasteiger partial charge in [-0.2, -0.15) is 0 Å². The summed E-state index contributed by atoms with van der Waals surface area (Å²) in [6.45, 7) is 5.77. The number of aryl methyl sites for hydroxylation is 1. The molecule has 0 N–H and O–H groups in total. The summed E-state index contributed by atoms with van der Waals surface area (Å²) in [5, 5.41) is 0. The molecule has 23 heavy (non-hydrogen) atoms. The molecule has 0 saturated carbocycles. The van der Waals surface area contributed by atoms with Crippen molar-refractivity contribution in [3.8, 4) is 22.3 Å². The second kappa shape index (κ2) is 7.06. The van der Waals surface area contributed by atoms with Gasteiger partial charge in [-0.05, 0) is 35.2 Å². The van der Waals surface area contributed by atoms with Gasteiger partial charge in [-0.25, -0.2) is 4.39 Å². The number of halogens is 1. The smallest absolute Gasteiger partial charge is 0.131 e. The summed E-state index contributed by atoms with van der Waals surface area (Å²) in [6.07, 6.45) is 1.78. The predicted octanol–water partition coefficient (Wildman–Crippen LogP) is 6.75. The lowest BCUT2D eigenvalue weighted by Gasteiger charge is -2.08. The van der Waals surface area contributed by atoms with Crippen LogP contribution >= 0.6 is 0 Å². The third kappa shape index (κ3) is 3.57. The predicted molar refractivity (Wildman–Crippen MR) is 98.8 cm³/mol. The van der Waals surface area contributed by atoms with Crippen LogP contribution in [0.25, 0.3) is 28.3 Å². The summed E-state index contributed by atoms with van der Waals surface area (Å²) >= 11 is 0. The molecule has 3 aromatic rings. The molecule has 3 rings (SSSR count). The van der Waals surface area contributed by atoms with Crippen molar-refractivity contribution in [1.82, 2.24) is 0 Å². The van der Waals surface area contributed by atoms with Crippen molar-refractivity contribution in [3.05, 3.63) is 90.3 Å². The zero-order valence-electron chi connectivity index (χ0n) is 12.5. The maximum atomic E-state index is 14.5. The average molecular weight is 304 g/mol. The maximum absolute atomic E-state index is 14.5. The van der Waals surface area contributed by atoms with Crippen LogP contribution in [-0.2, 0) is 0 Å². The standard InChI is InChI=1S/C21H17F.CH4/c1-3-16-6-10-18(11-7-16)20-13-12-19(14-21(20)22)17-8-4-15(2)5-9-17;/h3-14H,1H2,2H3;1H4. The molecule has 0 aromatic heterocycles. The Balaban J connectivity index is 0.00000192. The molecular weight excluding hydrogens is 283 g/mol. The van der Waals surface area contributed by atoms with Crippen LogP contribution in [0.4, 0.5) is 4.39 Å². The highest BCUT2D eigenvalue weighted by Crippen LogP contribution is 2.28. The fraction of sp³-hybridized carbons (Fsp3) is 0.0909. The summed E-state index contributed by atoms with van der Waals surface area (Å²) in [4.78, 5) is 0. The molecule has 0 spiro atoms. The van der Waals surface area contributed by atoms with E-state index in [2.05, 4.69) is 6.58 Å². The summed E-state index contributed by atoms with van der Waals surface area (Å²) in [7, 11) is 0. The molecule has 0 radical (unpaired) electrons. The van der Waals surface area contributed by atoms with E-state index in [1.165, 1.54) is 5.56 Å². The molecule has 0 heterocycles. The summed E-state index contributed by atoms with van der Waals surface area (Å²) < 4.78 is 14.5. The largest absolute Gasteiger partial charge is 0.206 e. The fourth-order valence-electron chi connectivity index (χ4n) is 2.47. The number of rotatable bonds is 3. The Bertz CT molecular complexity index is 796. The van der Waals surface area contributed by atoms with Crippen LogP contribution in [0.15, 0.2) is 73.3 Å². The van der Waals surface area contributed by atoms with E-state index in [0.717, 1.165) is 22.3 Å². The van der Waals surface area contributed by atoms with Gasteiger partial charge in [-0.3, -0.25) is 0 Å². The van der Waals surface area contributed by atoms with Crippen molar-refractivity contribution < 1.29 is 4.39 Å². The van der Waals surface area contributed by atoms with Crippen LogP contribution in [0.2, 0.25) is 0 Å². The normalized spacial score (nSPS) is 10.0. The van der Waals surface area contributed by atoms with Gasteiger partial charge in [0.2, 0.25) is 0 Å². The SMILES string of the molecule is C.C=Cc1ccc(-c2ccc(-c3ccc(C)cc3)cc2F)cc1. The molecule has 0 saturated heterocycles. The van der Waals surface area contributed by atoms with Gasteiger partial charge in [0.25, 0.3) is 0 Å². The van der Waals surface area contributed by atoms with E-state index in [4.69, 9.17) is 0 Å². The van der Waals surface area contributed by atoms with Crippen LogP contribution in [-0.4, -0.2) is 0 Å². The Hall–Kier alpha value is -2.67. The van der Waals surface area contributed by atoms with Gasteiger partial charge in [0.1, 0.15) is 5.82 Å². The van der Waals surface area contributed by atoms with Crippen molar-refractivity contribution in [2.75, 3.05) is 0 Å². The molecule has 0 aliphatic heterocycles. The molecule has 3 aromatic carbocycles. The fourth-order valence-corrected chi connectivity index (χ4v) is 2.47. The van der Waals surface area contributed by atoms with E-state index in [9.17, 15) is 4.39 Å². The van der Waals surface area contributed by atoms with Crippen LogP contribution in [0.5, 0.6) is 0 Å². The van der Waals surface area contributed by atoms with E-state index in [1.807, 2.05) is 67.6 Å². The Morgan fingerprint density at radius 2 is 1.35 bits per heavy atom. The van der Waals surface area contributed by atoms with E-state index in [-0.39, 0.29) is 13.2 Å². The highest BCUT2D eigenvalue weighted by molar-refractivity contribution is 5.71. The monoisotopic (exact) mass is 304 g/mol. The summed E-state index contributed by atoms with van der Waals surface area (Å²) in [5.41, 5.74) is 5.63. The highest BCUT2D eigenvalue weighted by atomic mass is 19.1. The minimum absolute atomic E-state index is 0. The third-order valence-electron chi connectivity index (χ3n) is 3.81. The van der Waals surface area contributed by atoms with Gasteiger partial charge in [-0.1, -0.05) is 86.3 Å². The first-order valence-electron chi connectivity index (χ1n) is 7.27. The number of hydrogen-bond acceptors (Lipinski definition) is 0. The summed E-state index contributed by atoms with van der Waals surface area (Å²) in [5.74, 6) is -0.204. The number of hydrogen-bond donors (Lipinski definition) is 0. The molecule has 1 heteroatoms. The van der Waals surface area contributed by atoms with Crippen molar-refractivity contribution >= 4 is 6.08 Å². The lowest BCUT2D eigenvalue weighted by Crippen LogP contribution is -1.87. The second-order valence-corrected chi connectivity index (χ2v) is 5.39.